The van der Waals surface area contributed by atoms with Crippen molar-refractivity contribution in [1.82, 2.24) is 0 Å². The molecule has 3 fully saturated rings. The molecule has 12 heteroatoms. The second-order valence-electron chi connectivity index (χ2n) is 9.90. The molecule has 0 aromatic rings. The van der Waals surface area contributed by atoms with Crippen molar-refractivity contribution in [3.05, 3.63) is 24.3 Å². The Bertz CT molecular complexity index is 1040. The van der Waals surface area contributed by atoms with Crippen LogP contribution in [0.1, 0.15) is 40.5 Å². The van der Waals surface area contributed by atoms with Gasteiger partial charge >= 0.3 is 29.8 Å². The molecule has 0 amide bonds. The largest absolute Gasteiger partial charge is 0.463 e. The molecule has 0 unspecified atom stereocenters. The van der Waals surface area contributed by atoms with Crippen LogP contribution in [-0.2, 0) is 47.7 Å². The van der Waals surface area contributed by atoms with Crippen LogP contribution in [0.2, 0.25) is 0 Å². The molecule has 2 aliphatic carbocycles. The molecule has 0 radical (unpaired) electrons. The van der Waals surface area contributed by atoms with E-state index in [2.05, 4.69) is 13.2 Å². The highest BCUT2D eigenvalue weighted by Gasteiger charge is 2.67. The monoisotopic (exact) mass is 560 g/mol. The second kappa shape index (κ2) is 10.6. The summed E-state index contributed by atoms with van der Waals surface area (Å²) in [5.41, 5.74) is -0.804. The zero-order chi connectivity index (χ0) is 27.9. The Balaban J connectivity index is 2.05. The van der Waals surface area contributed by atoms with Gasteiger partial charge in [0, 0.05) is 51.0 Å². The van der Waals surface area contributed by atoms with Crippen LogP contribution in [0.4, 0.5) is 0 Å². The van der Waals surface area contributed by atoms with Crippen LogP contribution in [0.15, 0.2) is 24.3 Å². The molecule has 3 rings (SSSR count). The predicted octanol–water partition coefficient (Wildman–Crippen LogP) is 2.63. The van der Waals surface area contributed by atoms with E-state index in [4.69, 9.17) is 46.9 Å². The molecular weight excluding hydrogens is 531 g/mol. The molecule has 0 bridgehead atoms. The van der Waals surface area contributed by atoms with E-state index in [9.17, 15) is 24.0 Å². The lowest BCUT2D eigenvalue weighted by molar-refractivity contribution is -0.169. The smallest absolute Gasteiger partial charge is 0.334 e. The molecule has 0 N–H and O–H groups in total. The molecule has 37 heavy (non-hydrogen) atoms. The summed E-state index contributed by atoms with van der Waals surface area (Å²) in [6, 6.07) is 0. The van der Waals surface area contributed by atoms with Gasteiger partial charge in [-0.1, -0.05) is 18.7 Å². The molecular formula is C25H30Cl2O10. The van der Waals surface area contributed by atoms with Crippen LogP contribution >= 0.6 is 23.2 Å². The summed E-state index contributed by atoms with van der Waals surface area (Å²) in [6.45, 7) is 12.6. The van der Waals surface area contributed by atoms with E-state index in [0.29, 0.717) is 5.57 Å². The number of carbonyl (C=O) groups excluding carboxylic acids is 5. The quantitative estimate of drug-likeness (QED) is 0.150. The summed E-state index contributed by atoms with van der Waals surface area (Å²) in [6.07, 6.45) is -2.69. The molecule has 10 nitrogen and oxygen atoms in total. The van der Waals surface area contributed by atoms with Gasteiger partial charge in [-0.3, -0.25) is 19.2 Å². The number of ether oxygens (including phenoxy) is 5. The molecule has 1 heterocycles. The van der Waals surface area contributed by atoms with Crippen molar-refractivity contribution >= 4 is 53.0 Å². The first kappa shape index (κ1) is 29.0. The summed E-state index contributed by atoms with van der Waals surface area (Å²) in [4.78, 5) is 59.3. The van der Waals surface area contributed by atoms with Crippen molar-refractivity contribution in [3.63, 3.8) is 0 Å². The number of esters is 5. The average molecular weight is 561 g/mol. The van der Waals surface area contributed by atoms with E-state index in [1.165, 1.54) is 27.7 Å². The molecule has 1 aliphatic heterocycles. The Morgan fingerprint density at radius 2 is 1.70 bits per heavy atom. The van der Waals surface area contributed by atoms with E-state index in [0.717, 1.165) is 0 Å². The van der Waals surface area contributed by atoms with Gasteiger partial charge in [0.05, 0.1) is 11.8 Å². The maximum atomic E-state index is 13.0. The first-order chi connectivity index (χ1) is 17.1. The van der Waals surface area contributed by atoms with Crippen LogP contribution < -0.4 is 0 Å². The van der Waals surface area contributed by atoms with Gasteiger partial charge in [-0.15, -0.1) is 23.2 Å². The lowest BCUT2D eigenvalue weighted by Gasteiger charge is -2.38. The van der Waals surface area contributed by atoms with E-state index >= 15 is 0 Å². The standard InChI is InChI=1S/C25H30Cl2O10/c1-11-7-16(35-23(32)24(6,27)10-33-13(3)28)19-12(2)22(31)36-21(19)20-18(11)17(34-14(4)29)8-25(20,9-26)37-15(5)30/h16-21H,1-2,7-10H2,3-6H3/t16-,17+,18-,19+,20-,21+,24-,25+/m0/s1. The molecule has 0 aromatic heterocycles. The van der Waals surface area contributed by atoms with Gasteiger partial charge in [0.2, 0.25) is 0 Å². The predicted molar refractivity (Wildman–Crippen MR) is 129 cm³/mol. The minimum atomic E-state index is -1.71. The van der Waals surface area contributed by atoms with E-state index in [1.54, 1.807) is 0 Å². The van der Waals surface area contributed by atoms with Crippen LogP contribution in [0.3, 0.4) is 0 Å². The number of alkyl halides is 2. The minimum absolute atomic E-state index is 0.0421. The Kier molecular flexibility index (Phi) is 8.34. The number of hydrogen-bond acceptors (Lipinski definition) is 10. The topological polar surface area (TPSA) is 132 Å². The Labute approximate surface area is 224 Å². The zero-order valence-electron chi connectivity index (χ0n) is 21.0. The Morgan fingerprint density at radius 1 is 1.05 bits per heavy atom. The van der Waals surface area contributed by atoms with Gasteiger partial charge in [-0.25, -0.2) is 4.79 Å². The highest BCUT2D eigenvalue weighted by atomic mass is 35.5. The SMILES string of the molecule is C=C1C[C@H](OC(=O)[C@@](C)(Cl)COC(C)=O)[C@H]2C(=C)C(=O)O[C@H]2[C@@H]2[C@@H]1[C@H](OC(C)=O)C[C@]2(CCl)OC(C)=O. The summed E-state index contributed by atoms with van der Waals surface area (Å²) < 4.78 is 27.7. The highest BCUT2D eigenvalue weighted by molar-refractivity contribution is 6.34. The first-order valence-corrected chi connectivity index (χ1v) is 12.6. The van der Waals surface area contributed by atoms with Gasteiger partial charge in [-0.2, -0.15) is 0 Å². The third kappa shape index (κ3) is 5.65. The number of halogens is 2. The van der Waals surface area contributed by atoms with Crippen LogP contribution in [0, 0.1) is 17.8 Å². The van der Waals surface area contributed by atoms with Crippen molar-refractivity contribution in [3.8, 4) is 0 Å². The van der Waals surface area contributed by atoms with Crippen molar-refractivity contribution in [2.75, 3.05) is 12.5 Å². The van der Waals surface area contributed by atoms with Gasteiger partial charge in [-0.05, 0) is 6.92 Å². The lowest BCUT2D eigenvalue weighted by Crippen LogP contribution is -2.50. The summed E-state index contributed by atoms with van der Waals surface area (Å²) in [7, 11) is 0. The fourth-order valence-electron chi connectivity index (χ4n) is 5.61. The number of fused-ring (bicyclic) bond motifs is 3. The van der Waals surface area contributed by atoms with Crippen LogP contribution in [-0.4, -0.2) is 71.1 Å². The van der Waals surface area contributed by atoms with Crippen molar-refractivity contribution in [2.24, 2.45) is 17.8 Å². The third-order valence-electron chi connectivity index (χ3n) is 7.01. The molecule has 0 spiro atoms. The molecule has 8 atom stereocenters. The number of rotatable bonds is 7. The fraction of sp³-hybridized carbons (Fsp3) is 0.640. The number of hydrogen-bond donors (Lipinski definition) is 0. The van der Waals surface area contributed by atoms with Crippen LogP contribution in [0.5, 0.6) is 0 Å². The normalized spacial score (nSPS) is 34.3. The Hall–Kier alpha value is -2.59. The first-order valence-electron chi connectivity index (χ1n) is 11.7. The van der Waals surface area contributed by atoms with Crippen LogP contribution in [0.25, 0.3) is 0 Å². The van der Waals surface area contributed by atoms with Crippen molar-refractivity contribution in [1.29, 1.82) is 0 Å². The average Bonchev–Trinajstić information content (AvgIpc) is 3.19. The van der Waals surface area contributed by atoms with Crippen molar-refractivity contribution in [2.45, 2.75) is 69.3 Å². The fourth-order valence-corrected chi connectivity index (χ4v) is 6.05. The maximum Gasteiger partial charge on any atom is 0.334 e. The van der Waals surface area contributed by atoms with Gasteiger partial charge in [0.15, 0.2) is 4.87 Å². The van der Waals surface area contributed by atoms with E-state index in [-0.39, 0.29) is 24.3 Å². The van der Waals surface area contributed by atoms with Gasteiger partial charge in [0.1, 0.15) is 30.5 Å². The molecule has 204 valence electrons. The second-order valence-corrected chi connectivity index (χ2v) is 11.0. The highest BCUT2D eigenvalue weighted by Crippen LogP contribution is 2.57. The van der Waals surface area contributed by atoms with Gasteiger partial charge < -0.3 is 23.7 Å². The summed E-state index contributed by atoms with van der Waals surface area (Å²) in [5.74, 6) is -5.88. The third-order valence-corrected chi connectivity index (χ3v) is 7.73. The Morgan fingerprint density at radius 3 is 2.24 bits per heavy atom. The summed E-state index contributed by atoms with van der Waals surface area (Å²) >= 11 is 12.7. The van der Waals surface area contributed by atoms with Crippen molar-refractivity contribution < 1.29 is 47.7 Å². The molecule has 2 saturated carbocycles. The molecule has 3 aliphatic rings. The zero-order valence-corrected chi connectivity index (χ0v) is 22.6. The summed E-state index contributed by atoms with van der Waals surface area (Å²) in [5, 5.41) is 0. The molecule has 1 saturated heterocycles. The minimum Gasteiger partial charge on any atom is -0.463 e. The number of carbonyl (C=O) groups is 5. The van der Waals surface area contributed by atoms with E-state index in [1.807, 2.05) is 0 Å². The van der Waals surface area contributed by atoms with E-state index < -0.39 is 83.0 Å². The molecule has 0 aromatic carbocycles. The lowest BCUT2D eigenvalue weighted by atomic mass is 9.76. The maximum absolute atomic E-state index is 13.0. The van der Waals surface area contributed by atoms with Gasteiger partial charge in [0.25, 0.3) is 0 Å².